The third-order valence-corrected chi connectivity index (χ3v) is 3.32. The molecule has 2 rings (SSSR count). The standard InChI is InChI=1S/C14H22N2O3/c1-14(17)9-15-6-7-16(10-14)12-8-11(18-2)4-5-13(12)19-3/h4-5,8,15,17H,6-7,9-10H2,1-3H3. The summed E-state index contributed by atoms with van der Waals surface area (Å²) in [5, 5.41) is 13.5. The summed E-state index contributed by atoms with van der Waals surface area (Å²) in [6.07, 6.45) is 0. The Bertz CT molecular complexity index is 435. The molecule has 0 amide bonds. The second-order valence-corrected chi connectivity index (χ2v) is 5.13. The van der Waals surface area contributed by atoms with Crippen LogP contribution >= 0.6 is 0 Å². The van der Waals surface area contributed by atoms with Gasteiger partial charge in [-0.05, 0) is 19.1 Å². The zero-order valence-corrected chi connectivity index (χ0v) is 11.8. The van der Waals surface area contributed by atoms with Crippen molar-refractivity contribution in [2.24, 2.45) is 0 Å². The van der Waals surface area contributed by atoms with E-state index in [9.17, 15) is 5.11 Å². The van der Waals surface area contributed by atoms with Crippen LogP contribution in [0.5, 0.6) is 11.5 Å². The Morgan fingerprint density at radius 2 is 2.11 bits per heavy atom. The molecule has 0 aliphatic carbocycles. The fraction of sp³-hybridized carbons (Fsp3) is 0.571. The lowest BCUT2D eigenvalue weighted by molar-refractivity contribution is 0.0729. The minimum Gasteiger partial charge on any atom is -0.497 e. The number of ether oxygens (including phenoxy) is 2. The van der Waals surface area contributed by atoms with Crippen molar-refractivity contribution < 1.29 is 14.6 Å². The zero-order chi connectivity index (χ0) is 13.9. The Balaban J connectivity index is 2.32. The number of hydrogen-bond donors (Lipinski definition) is 2. The molecule has 1 aliphatic heterocycles. The molecule has 2 N–H and O–H groups in total. The highest BCUT2D eigenvalue weighted by molar-refractivity contribution is 5.62. The normalized spacial score (nSPS) is 23.9. The predicted molar refractivity (Wildman–Crippen MR) is 75.3 cm³/mol. The molecule has 1 aromatic rings. The first-order valence-electron chi connectivity index (χ1n) is 6.46. The first kappa shape index (κ1) is 14.0. The largest absolute Gasteiger partial charge is 0.497 e. The highest BCUT2D eigenvalue weighted by Crippen LogP contribution is 2.33. The summed E-state index contributed by atoms with van der Waals surface area (Å²) < 4.78 is 10.7. The molecule has 5 heteroatoms. The summed E-state index contributed by atoms with van der Waals surface area (Å²) in [7, 11) is 3.30. The van der Waals surface area contributed by atoms with E-state index in [2.05, 4.69) is 10.2 Å². The van der Waals surface area contributed by atoms with E-state index >= 15 is 0 Å². The van der Waals surface area contributed by atoms with Gasteiger partial charge in [-0.15, -0.1) is 0 Å². The van der Waals surface area contributed by atoms with Gasteiger partial charge in [0.15, 0.2) is 0 Å². The maximum absolute atomic E-state index is 10.3. The van der Waals surface area contributed by atoms with Gasteiger partial charge in [0, 0.05) is 32.2 Å². The van der Waals surface area contributed by atoms with Crippen molar-refractivity contribution in [1.82, 2.24) is 5.32 Å². The van der Waals surface area contributed by atoms with Gasteiger partial charge in [0.1, 0.15) is 11.5 Å². The molecular weight excluding hydrogens is 244 g/mol. The lowest BCUT2D eigenvalue weighted by atomic mass is 10.1. The Morgan fingerprint density at radius 1 is 1.32 bits per heavy atom. The van der Waals surface area contributed by atoms with E-state index in [1.807, 2.05) is 25.1 Å². The third kappa shape index (κ3) is 3.30. The quantitative estimate of drug-likeness (QED) is 0.850. The fourth-order valence-corrected chi connectivity index (χ4v) is 2.37. The summed E-state index contributed by atoms with van der Waals surface area (Å²) in [4.78, 5) is 2.13. The van der Waals surface area contributed by atoms with Gasteiger partial charge in [-0.25, -0.2) is 0 Å². The van der Waals surface area contributed by atoms with Crippen LogP contribution in [0.15, 0.2) is 18.2 Å². The average Bonchev–Trinajstić information content (AvgIpc) is 2.58. The van der Waals surface area contributed by atoms with Gasteiger partial charge in [-0.3, -0.25) is 0 Å². The van der Waals surface area contributed by atoms with Crippen LogP contribution in [0.4, 0.5) is 5.69 Å². The number of anilines is 1. The van der Waals surface area contributed by atoms with E-state index in [1.165, 1.54) is 0 Å². The van der Waals surface area contributed by atoms with Crippen molar-refractivity contribution in [1.29, 1.82) is 0 Å². The Morgan fingerprint density at radius 3 is 2.79 bits per heavy atom. The van der Waals surface area contributed by atoms with Crippen molar-refractivity contribution in [3.05, 3.63) is 18.2 Å². The highest BCUT2D eigenvalue weighted by atomic mass is 16.5. The number of rotatable bonds is 3. The molecule has 0 saturated carbocycles. The summed E-state index contributed by atoms with van der Waals surface area (Å²) in [6.45, 7) is 4.64. The van der Waals surface area contributed by atoms with E-state index in [1.54, 1.807) is 14.2 Å². The van der Waals surface area contributed by atoms with Crippen LogP contribution in [0.3, 0.4) is 0 Å². The third-order valence-electron chi connectivity index (χ3n) is 3.32. The Labute approximate surface area is 114 Å². The molecule has 1 heterocycles. The molecule has 1 atom stereocenters. The van der Waals surface area contributed by atoms with Crippen LogP contribution in [-0.4, -0.2) is 51.1 Å². The fourth-order valence-electron chi connectivity index (χ4n) is 2.37. The van der Waals surface area contributed by atoms with E-state index in [0.717, 1.165) is 30.3 Å². The lowest BCUT2D eigenvalue weighted by Gasteiger charge is -2.30. The second kappa shape index (κ2) is 5.67. The van der Waals surface area contributed by atoms with Gasteiger partial charge < -0.3 is 24.8 Å². The van der Waals surface area contributed by atoms with E-state index < -0.39 is 5.60 Å². The summed E-state index contributed by atoms with van der Waals surface area (Å²) in [6, 6.07) is 5.71. The average molecular weight is 266 g/mol. The number of nitrogens with one attached hydrogen (secondary N) is 1. The Kier molecular flexibility index (Phi) is 4.17. The number of nitrogens with zero attached hydrogens (tertiary/aromatic N) is 1. The van der Waals surface area contributed by atoms with Gasteiger partial charge in [0.2, 0.25) is 0 Å². The predicted octanol–water partition coefficient (Wildman–Crippen LogP) is 0.864. The number of β-amino-alcohol motifs (C(OH)–C–C–N with tert-alkyl or cyclic N) is 1. The number of methoxy groups -OCH3 is 2. The van der Waals surface area contributed by atoms with Crippen LogP contribution < -0.4 is 19.7 Å². The molecule has 1 aliphatic rings. The van der Waals surface area contributed by atoms with Crippen LogP contribution in [0.2, 0.25) is 0 Å². The van der Waals surface area contributed by atoms with Gasteiger partial charge in [0.25, 0.3) is 0 Å². The van der Waals surface area contributed by atoms with Crippen LogP contribution in [0.25, 0.3) is 0 Å². The molecule has 0 bridgehead atoms. The van der Waals surface area contributed by atoms with E-state index in [4.69, 9.17) is 9.47 Å². The maximum atomic E-state index is 10.3. The highest BCUT2D eigenvalue weighted by Gasteiger charge is 2.28. The summed E-state index contributed by atoms with van der Waals surface area (Å²) in [5.74, 6) is 1.58. The van der Waals surface area contributed by atoms with Crippen molar-refractivity contribution in [3.63, 3.8) is 0 Å². The van der Waals surface area contributed by atoms with Crippen LogP contribution in [0, 0.1) is 0 Å². The molecule has 0 spiro atoms. The molecule has 106 valence electrons. The number of aliphatic hydroxyl groups is 1. The zero-order valence-electron chi connectivity index (χ0n) is 11.8. The first-order valence-corrected chi connectivity index (χ1v) is 6.46. The minimum atomic E-state index is -0.759. The van der Waals surface area contributed by atoms with Crippen molar-refractivity contribution in [2.45, 2.75) is 12.5 Å². The second-order valence-electron chi connectivity index (χ2n) is 5.13. The van der Waals surface area contributed by atoms with Crippen molar-refractivity contribution >= 4 is 5.69 Å². The van der Waals surface area contributed by atoms with Crippen LogP contribution in [-0.2, 0) is 0 Å². The maximum Gasteiger partial charge on any atom is 0.142 e. The first-order chi connectivity index (χ1) is 9.05. The van der Waals surface area contributed by atoms with Crippen molar-refractivity contribution in [2.75, 3.05) is 45.3 Å². The van der Waals surface area contributed by atoms with Crippen molar-refractivity contribution in [3.8, 4) is 11.5 Å². The van der Waals surface area contributed by atoms with E-state index in [0.29, 0.717) is 13.1 Å². The lowest BCUT2D eigenvalue weighted by Crippen LogP contribution is -2.43. The smallest absolute Gasteiger partial charge is 0.142 e. The van der Waals surface area contributed by atoms with Crippen LogP contribution in [0.1, 0.15) is 6.92 Å². The summed E-state index contributed by atoms with van der Waals surface area (Å²) >= 11 is 0. The van der Waals surface area contributed by atoms with Gasteiger partial charge in [-0.2, -0.15) is 0 Å². The van der Waals surface area contributed by atoms with Gasteiger partial charge >= 0.3 is 0 Å². The SMILES string of the molecule is COc1ccc(OC)c(N2CCNCC(C)(O)C2)c1. The number of benzene rings is 1. The monoisotopic (exact) mass is 266 g/mol. The molecule has 1 saturated heterocycles. The molecule has 0 radical (unpaired) electrons. The molecule has 0 aromatic heterocycles. The molecule has 1 aromatic carbocycles. The molecule has 5 nitrogen and oxygen atoms in total. The Hall–Kier alpha value is -1.46. The topological polar surface area (TPSA) is 54.0 Å². The molecule has 1 fully saturated rings. The van der Waals surface area contributed by atoms with Gasteiger partial charge in [0.05, 0.1) is 25.5 Å². The molecule has 1 unspecified atom stereocenters. The van der Waals surface area contributed by atoms with Gasteiger partial charge in [-0.1, -0.05) is 0 Å². The molecule has 19 heavy (non-hydrogen) atoms. The van der Waals surface area contributed by atoms with E-state index in [-0.39, 0.29) is 0 Å². The molecular formula is C14H22N2O3. The number of hydrogen-bond acceptors (Lipinski definition) is 5. The summed E-state index contributed by atoms with van der Waals surface area (Å²) in [5.41, 5.74) is 0.191. The minimum absolute atomic E-state index is 0.559.